The average Bonchev–Trinajstić information content (AvgIpc) is 2.25. The largest absolute Gasteiger partial charge is 0.192 e. The highest BCUT2D eigenvalue weighted by molar-refractivity contribution is 14.1. The summed E-state index contributed by atoms with van der Waals surface area (Å²) in [6.45, 7) is 0. The molecular formula is C12H10IN. The Hall–Kier alpha value is -1.00. The SMILES string of the molecule is N#Cc1ccc(C#CCCCI)cc1. The Bertz CT molecular complexity index is 376. The van der Waals surface area contributed by atoms with Gasteiger partial charge in [-0.1, -0.05) is 34.4 Å². The molecule has 1 nitrogen and oxygen atoms in total. The summed E-state index contributed by atoms with van der Waals surface area (Å²) in [4.78, 5) is 0. The molecule has 0 saturated heterocycles. The fraction of sp³-hybridized carbons (Fsp3) is 0.250. The van der Waals surface area contributed by atoms with Gasteiger partial charge in [0.2, 0.25) is 0 Å². The summed E-state index contributed by atoms with van der Waals surface area (Å²) in [5, 5.41) is 8.59. The first-order valence-electron chi connectivity index (χ1n) is 4.42. The van der Waals surface area contributed by atoms with Gasteiger partial charge in [-0.05, 0) is 30.7 Å². The smallest absolute Gasteiger partial charge is 0.0991 e. The molecule has 1 aromatic carbocycles. The Labute approximate surface area is 98.3 Å². The van der Waals surface area contributed by atoms with E-state index in [9.17, 15) is 0 Å². The number of nitriles is 1. The summed E-state index contributed by atoms with van der Waals surface area (Å²) >= 11 is 2.35. The highest BCUT2D eigenvalue weighted by Gasteiger charge is 1.88. The van der Waals surface area contributed by atoms with E-state index in [1.807, 2.05) is 12.1 Å². The summed E-state index contributed by atoms with van der Waals surface area (Å²) in [5.74, 6) is 6.17. The van der Waals surface area contributed by atoms with Crippen molar-refractivity contribution < 1.29 is 0 Å². The molecule has 0 aliphatic rings. The Morgan fingerprint density at radius 2 is 1.79 bits per heavy atom. The first-order valence-corrected chi connectivity index (χ1v) is 5.94. The Kier molecular flexibility index (Phi) is 5.11. The highest BCUT2D eigenvalue weighted by Crippen LogP contribution is 2.01. The molecule has 0 spiro atoms. The molecule has 1 rings (SSSR count). The molecule has 0 heterocycles. The minimum Gasteiger partial charge on any atom is -0.192 e. The minimum atomic E-state index is 0.683. The molecule has 14 heavy (non-hydrogen) atoms. The van der Waals surface area contributed by atoms with E-state index in [1.165, 1.54) is 0 Å². The summed E-state index contributed by atoms with van der Waals surface area (Å²) < 4.78 is 1.15. The normalized spacial score (nSPS) is 8.57. The van der Waals surface area contributed by atoms with Gasteiger partial charge in [-0.25, -0.2) is 0 Å². The quantitative estimate of drug-likeness (QED) is 0.356. The zero-order valence-corrected chi connectivity index (χ0v) is 9.91. The van der Waals surface area contributed by atoms with Crippen molar-refractivity contribution in [3.63, 3.8) is 0 Å². The van der Waals surface area contributed by atoms with Crippen LogP contribution in [0, 0.1) is 23.2 Å². The van der Waals surface area contributed by atoms with E-state index in [-0.39, 0.29) is 0 Å². The van der Waals surface area contributed by atoms with Gasteiger partial charge in [0.25, 0.3) is 0 Å². The van der Waals surface area contributed by atoms with Crippen molar-refractivity contribution in [2.45, 2.75) is 12.8 Å². The topological polar surface area (TPSA) is 23.8 Å². The van der Waals surface area contributed by atoms with Crippen molar-refractivity contribution in [1.29, 1.82) is 5.26 Å². The maximum Gasteiger partial charge on any atom is 0.0991 e. The van der Waals surface area contributed by atoms with Crippen LogP contribution in [0.1, 0.15) is 24.0 Å². The van der Waals surface area contributed by atoms with Crippen LogP contribution in [-0.4, -0.2) is 4.43 Å². The second kappa shape index (κ2) is 6.45. The predicted octanol–water partition coefficient (Wildman–Crippen LogP) is 3.12. The van der Waals surface area contributed by atoms with E-state index in [2.05, 4.69) is 40.5 Å². The van der Waals surface area contributed by atoms with E-state index in [0.717, 1.165) is 22.8 Å². The maximum absolute atomic E-state index is 8.59. The molecule has 0 fully saturated rings. The third kappa shape index (κ3) is 3.81. The van der Waals surface area contributed by atoms with Gasteiger partial charge in [0.1, 0.15) is 0 Å². The summed E-state index contributed by atoms with van der Waals surface area (Å²) in [5.41, 5.74) is 1.67. The van der Waals surface area contributed by atoms with E-state index >= 15 is 0 Å². The fourth-order valence-corrected chi connectivity index (χ4v) is 1.33. The highest BCUT2D eigenvalue weighted by atomic mass is 127. The van der Waals surface area contributed by atoms with Crippen LogP contribution in [0.5, 0.6) is 0 Å². The van der Waals surface area contributed by atoms with Crippen molar-refractivity contribution in [3.8, 4) is 17.9 Å². The Balaban J connectivity index is 2.59. The molecule has 0 saturated carbocycles. The van der Waals surface area contributed by atoms with E-state index in [1.54, 1.807) is 12.1 Å². The van der Waals surface area contributed by atoms with Gasteiger partial charge in [0.15, 0.2) is 0 Å². The van der Waals surface area contributed by atoms with Crippen LogP contribution < -0.4 is 0 Å². The lowest BCUT2D eigenvalue weighted by Crippen LogP contribution is -1.77. The molecule has 0 atom stereocenters. The van der Waals surface area contributed by atoms with Gasteiger partial charge >= 0.3 is 0 Å². The van der Waals surface area contributed by atoms with Crippen LogP contribution in [0.2, 0.25) is 0 Å². The fourth-order valence-electron chi connectivity index (χ4n) is 0.948. The van der Waals surface area contributed by atoms with Crippen LogP contribution in [-0.2, 0) is 0 Å². The molecule has 0 N–H and O–H groups in total. The average molecular weight is 295 g/mol. The van der Waals surface area contributed by atoms with Crippen molar-refractivity contribution in [3.05, 3.63) is 35.4 Å². The number of nitrogens with zero attached hydrogens (tertiary/aromatic N) is 1. The number of unbranched alkanes of at least 4 members (excludes halogenated alkanes) is 1. The minimum absolute atomic E-state index is 0.683. The standard InChI is InChI=1S/C12H10IN/c13-9-3-1-2-4-11-5-7-12(10-14)8-6-11/h5-8H,1,3,9H2. The lowest BCUT2D eigenvalue weighted by atomic mass is 10.1. The monoisotopic (exact) mass is 295 g/mol. The number of hydrogen-bond donors (Lipinski definition) is 0. The lowest BCUT2D eigenvalue weighted by Gasteiger charge is -1.89. The second-order valence-corrected chi connectivity index (χ2v) is 3.86. The molecule has 70 valence electrons. The molecule has 0 aromatic heterocycles. The van der Waals surface area contributed by atoms with E-state index < -0.39 is 0 Å². The second-order valence-electron chi connectivity index (χ2n) is 2.78. The van der Waals surface area contributed by atoms with Crippen LogP contribution >= 0.6 is 22.6 Å². The van der Waals surface area contributed by atoms with Gasteiger partial charge in [0, 0.05) is 16.4 Å². The van der Waals surface area contributed by atoms with Crippen molar-refractivity contribution >= 4 is 22.6 Å². The van der Waals surface area contributed by atoms with Gasteiger partial charge in [0.05, 0.1) is 11.6 Å². The van der Waals surface area contributed by atoms with Crippen LogP contribution in [0.3, 0.4) is 0 Å². The van der Waals surface area contributed by atoms with Crippen molar-refractivity contribution in [2.75, 3.05) is 4.43 Å². The number of hydrogen-bond acceptors (Lipinski definition) is 1. The first-order chi connectivity index (χ1) is 6.86. The summed E-state index contributed by atoms with van der Waals surface area (Å²) in [7, 11) is 0. The van der Waals surface area contributed by atoms with Gasteiger partial charge in [-0.15, -0.1) is 0 Å². The van der Waals surface area contributed by atoms with Gasteiger partial charge in [-0.3, -0.25) is 0 Å². The molecule has 0 unspecified atom stereocenters. The van der Waals surface area contributed by atoms with Gasteiger partial charge < -0.3 is 0 Å². The number of alkyl halides is 1. The number of halogens is 1. The van der Waals surface area contributed by atoms with Crippen LogP contribution in [0.4, 0.5) is 0 Å². The molecule has 0 aliphatic heterocycles. The molecule has 1 aromatic rings. The predicted molar refractivity (Wildman–Crippen MR) is 66.2 cm³/mol. The third-order valence-electron chi connectivity index (χ3n) is 1.68. The van der Waals surface area contributed by atoms with Crippen LogP contribution in [0.15, 0.2) is 24.3 Å². The lowest BCUT2D eigenvalue weighted by molar-refractivity contribution is 1.01. The van der Waals surface area contributed by atoms with Crippen LogP contribution in [0.25, 0.3) is 0 Å². The molecule has 0 amide bonds. The number of benzene rings is 1. The summed E-state index contributed by atoms with van der Waals surface area (Å²) in [6, 6.07) is 9.44. The van der Waals surface area contributed by atoms with E-state index in [4.69, 9.17) is 5.26 Å². The molecule has 0 bridgehead atoms. The molecule has 0 aliphatic carbocycles. The third-order valence-corrected chi connectivity index (χ3v) is 2.44. The Morgan fingerprint density at radius 3 is 2.36 bits per heavy atom. The zero-order valence-electron chi connectivity index (χ0n) is 7.76. The molecular weight excluding hydrogens is 285 g/mol. The first kappa shape index (κ1) is 11.1. The number of rotatable bonds is 2. The maximum atomic E-state index is 8.59. The summed E-state index contributed by atoms with van der Waals surface area (Å²) in [6.07, 6.45) is 2.09. The Morgan fingerprint density at radius 1 is 1.14 bits per heavy atom. The van der Waals surface area contributed by atoms with E-state index in [0.29, 0.717) is 5.56 Å². The van der Waals surface area contributed by atoms with Crippen molar-refractivity contribution in [1.82, 2.24) is 0 Å². The molecule has 2 heteroatoms. The molecule has 0 radical (unpaired) electrons. The van der Waals surface area contributed by atoms with Crippen molar-refractivity contribution in [2.24, 2.45) is 0 Å². The zero-order chi connectivity index (χ0) is 10.2. The van der Waals surface area contributed by atoms with Gasteiger partial charge in [-0.2, -0.15) is 5.26 Å².